The maximum absolute atomic E-state index is 13.0. The molecule has 11 heteroatoms. The fraction of sp³-hybridized carbons (Fsp3) is 0.200. The van der Waals surface area contributed by atoms with Gasteiger partial charge in [-0.15, -0.1) is 11.3 Å². The van der Waals surface area contributed by atoms with Crippen molar-refractivity contribution in [2.45, 2.75) is 19.1 Å². The van der Waals surface area contributed by atoms with Crippen LogP contribution in [0.15, 0.2) is 30.6 Å². The first-order chi connectivity index (χ1) is 12.3. The zero-order valence-electron chi connectivity index (χ0n) is 12.9. The molecule has 0 aliphatic carbocycles. The molecule has 1 amide bonds. The molecule has 2 N–H and O–H groups in total. The predicted molar refractivity (Wildman–Crippen MR) is 87.1 cm³/mol. The van der Waals surface area contributed by atoms with Crippen LogP contribution in [0.2, 0.25) is 0 Å². The molecule has 0 aliphatic rings. The van der Waals surface area contributed by atoms with Crippen molar-refractivity contribution in [2.24, 2.45) is 0 Å². The lowest BCUT2D eigenvalue weighted by Crippen LogP contribution is -2.16. The van der Waals surface area contributed by atoms with E-state index in [9.17, 15) is 22.8 Å². The minimum atomic E-state index is -4.57. The Morgan fingerprint density at radius 1 is 1.31 bits per heavy atom. The van der Waals surface area contributed by atoms with Gasteiger partial charge in [0, 0.05) is 18.9 Å². The molecule has 0 atom stereocenters. The highest BCUT2D eigenvalue weighted by atomic mass is 32.1. The van der Waals surface area contributed by atoms with Crippen molar-refractivity contribution >= 4 is 39.4 Å². The summed E-state index contributed by atoms with van der Waals surface area (Å²) >= 11 is 0.827. The Morgan fingerprint density at radius 2 is 2.08 bits per heavy atom. The summed E-state index contributed by atoms with van der Waals surface area (Å²) in [5.74, 6) is -1.64. The molecule has 0 spiro atoms. The molecule has 26 heavy (non-hydrogen) atoms. The van der Waals surface area contributed by atoms with Crippen LogP contribution in [0.25, 0.3) is 10.2 Å². The van der Waals surface area contributed by atoms with E-state index in [0.717, 1.165) is 17.4 Å². The molecule has 0 fully saturated rings. The maximum Gasteiger partial charge on any atom is 0.418 e. The lowest BCUT2D eigenvalue weighted by atomic mass is 10.2. The number of fused-ring (bicyclic) bond motifs is 1. The van der Waals surface area contributed by atoms with Crippen molar-refractivity contribution in [1.82, 2.24) is 14.5 Å². The lowest BCUT2D eigenvalue weighted by Gasteiger charge is -2.06. The Hall–Kier alpha value is -2.95. The number of para-hydroxylation sites is 1. The Bertz CT molecular complexity index is 980. The fourth-order valence-corrected chi connectivity index (χ4v) is 3.15. The van der Waals surface area contributed by atoms with E-state index in [1.807, 2.05) is 0 Å². The number of aromatic nitrogens is 3. The molecule has 2 heterocycles. The van der Waals surface area contributed by atoms with E-state index in [4.69, 9.17) is 5.11 Å². The van der Waals surface area contributed by atoms with E-state index < -0.39 is 23.6 Å². The summed E-state index contributed by atoms with van der Waals surface area (Å²) in [4.78, 5) is 30.7. The van der Waals surface area contributed by atoms with Gasteiger partial charge in [0.2, 0.25) is 5.95 Å². The topological polar surface area (TPSA) is 97.1 Å². The Labute approximate surface area is 148 Å². The Kier molecular flexibility index (Phi) is 4.64. The quantitative estimate of drug-likeness (QED) is 0.704. The monoisotopic (exact) mass is 384 g/mol. The molecule has 136 valence electrons. The standard InChI is InChI=1S/C15H11F3N4O3S/c16-15(17,18)8-2-1-3-9-11(8)20-13(26-9)12(25)21-14-19-5-7-22(14)6-4-10(23)24/h1-3,5,7H,4,6H2,(H,23,24)(H,19,21,25). The van der Waals surface area contributed by atoms with Gasteiger partial charge in [-0.1, -0.05) is 6.07 Å². The van der Waals surface area contributed by atoms with Gasteiger partial charge in [0.15, 0.2) is 5.01 Å². The van der Waals surface area contributed by atoms with E-state index in [2.05, 4.69) is 15.3 Å². The van der Waals surface area contributed by atoms with Crippen LogP contribution in [0.3, 0.4) is 0 Å². The number of nitrogens with one attached hydrogen (secondary N) is 1. The molecule has 7 nitrogen and oxygen atoms in total. The molecule has 3 rings (SSSR count). The number of anilines is 1. The smallest absolute Gasteiger partial charge is 0.418 e. The van der Waals surface area contributed by atoms with Gasteiger partial charge in [0.1, 0.15) is 0 Å². The van der Waals surface area contributed by atoms with E-state index in [1.165, 1.54) is 29.1 Å². The molecule has 0 saturated heterocycles. The molecule has 1 aromatic carbocycles. The van der Waals surface area contributed by atoms with Gasteiger partial charge in [0.25, 0.3) is 5.91 Å². The number of carboxylic acid groups (broad SMARTS) is 1. The summed E-state index contributed by atoms with van der Waals surface area (Å²) in [7, 11) is 0. The molecular formula is C15H11F3N4O3S. The van der Waals surface area contributed by atoms with Crippen molar-refractivity contribution in [3.05, 3.63) is 41.2 Å². The molecule has 3 aromatic rings. The predicted octanol–water partition coefficient (Wildman–Crippen LogP) is 3.24. The number of rotatable bonds is 5. The van der Waals surface area contributed by atoms with Crippen LogP contribution in [0.1, 0.15) is 21.8 Å². The van der Waals surface area contributed by atoms with Gasteiger partial charge in [0.05, 0.1) is 22.2 Å². The van der Waals surface area contributed by atoms with Crippen LogP contribution in [0.4, 0.5) is 19.1 Å². The SMILES string of the molecule is O=C(O)CCn1ccnc1NC(=O)c1nc2c(C(F)(F)F)cccc2s1. The van der Waals surface area contributed by atoms with E-state index in [-0.39, 0.29) is 34.1 Å². The summed E-state index contributed by atoms with van der Waals surface area (Å²) in [5.41, 5.74) is -1.20. The zero-order chi connectivity index (χ0) is 18.9. The number of alkyl halides is 3. The summed E-state index contributed by atoms with van der Waals surface area (Å²) < 4.78 is 40.8. The first-order valence-electron chi connectivity index (χ1n) is 7.27. The number of halogens is 3. The Balaban J connectivity index is 1.85. The van der Waals surface area contributed by atoms with Gasteiger partial charge in [-0.2, -0.15) is 13.2 Å². The molecule has 0 saturated carbocycles. The number of carbonyl (C=O) groups is 2. The maximum atomic E-state index is 13.0. The first-order valence-corrected chi connectivity index (χ1v) is 8.08. The average Bonchev–Trinajstić information content (AvgIpc) is 3.17. The van der Waals surface area contributed by atoms with Crippen molar-refractivity contribution in [2.75, 3.05) is 5.32 Å². The molecule has 0 aliphatic heterocycles. The molecule has 0 bridgehead atoms. The van der Waals surface area contributed by atoms with Crippen molar-refractivity contribution < 1.29 is 27.9 Å². The van der Waals surface area contributed by atoms with Gasteiger partial charge in [-0.25, -0.2) is 9.97 Å². The summed E-state index contributed by atoms with van der Waals surface area (Å²) in [5, 5.41) is 11.0. The molecular weight excluding hydrogens is 373 g/mol. The zero-order valence-corrected chi connectivity index (χ0v) is 13.8. The third kappa shape index (κ3) is 3.67. The third-order valence-electron chi connectivity index (χ3n) is 3.43. The van der Waals surface area contributed by atoms with Crippen molar-refractivity contribution in [3.63, 3.8) is 0 Å². The number of hydrogen-bond acceptors (Lipinski definition) is 5. The molecule has 2 aromatic heterocycles. The fourth-order valence-electron chi connectivity index (χ4n) is 2.26. The second-order valence-corrected chi connectivity index (χ2v) is 6.24. The van der Waals surface area contributed by atoms with Crippen molar-refractivity contribution in [1.29, 1.82) is 0 Å². The molecule has 0 unspecified atom stereocenters. The number of amides is 1. The van der Waals surface area contributed by atoms with Crippen LogP contribution < -0.4 is 5.32 Å². The molecule has 0 radical (unpaired) electrons. The summed E-state index contributed by atoms with van der Waals surface area (Å²) in [6, 6.07) is 3.61. The highest BCUT2D eigenvalue weighted by Crippen LogP contribution is 2.36. The van der Waals surface area contributed by atoms with Crippen LogP contribution in [-0.4, -0.2) is 31.5 Å². The number of thiazole rings is 1. The normalized spacial score (nSPS) is 11.7. The van der Waals surface area contributed by atoms with Gasteiger partial charge < -0.3 is 9.67 Å². The number of hydrogen-bond donors (Lipinski definition) is 2. The first kappa shape index (κ1) is 17.9. The van der Waals surface area contributed by atoms with Gasteiger partial charge in [-0.3, -0.25) is 14.9 Å². The second-order valence-electron chi connectivity index (χ2n) is 5.21. The average molecular weight is 384 g/mol. The minimum Gasteiger partial charge on any atom is -0.481 e. The van der Waals surface area contributed by atoms with E-state index >= 15 is 0 Å². The van der Waals surface area contributed by atoms with E-state index in [0.29, 0.717) is 0 Å². The minimum absolute atomic E-state index is 0.0863. The van der Waals surface area contributed by atoms with Crippen LogP contribution >= 0.6 is 11.3 Å². The highest BCUT2D eigenvalue weighted by Gasteiger charge is 2.34. The largest absolute Gasteiger partial charge is 0.481 e. The third-order valence-corrected chi connectivity index (χ3v) is 4.45. The van der Waals surface area contributed by atoms with Crippen molar-refractivity contribution in [3.8, 4) is 0 Å². The number of carbonyl (C=O) groups excluding carboxylic acids is 1. The number of nitrogens with zero attached hydrogens (tertiary/aromatic N) is 3. The van der Waals surface area contributed by atoms with Crippen LogP contribution in [-0.2, 0) is 17.5 Å². The Morgan fingerprint density at radius 3 is 2.77 bits per heavy atom. The van der Waals surface area contributed by atoms with Gasteiger partial charge in [-0.05, 0) is 12.1 Å². The van der Waals surface area contributed by atoms with E-state index in [1.54, 1.807) is 0 Å². The number of imidazole rings is 1. The van der Waals surface area contributed by atoms with Crippen LogP contribution in [0.5, 0.6) is 0 Å². The summed E-state index contributed by atoms with van der Waals surface area (Å²) in [6.07, 6.45) is -1.89. The second kappa shape index (κ2) is 6.75. The van der Waals surface area contributed by atoms with Gasteiger partial charge >= 0.3 is 12.1 Å². The number of aryl methyl sites for hydroxylation is 1. The highest BCUT2D eigenvalue weighted by molar-refractivity contribution is 7.20. The lowest BCUT2D eigenvalue weighted by molar-refractivity contribution is -0.137. The summed E-state index contributed by atoms with van der Waals surface area (Å²) in [6.45, 7) is 0.0863. The van der Waals surface area contributed by atoms with Crippen LogP contribution in [0, 0.1) is 0 Å². The number of benzene rings is 1. The number of carboxylic acids is 1. The number of aliphatic carboxylic acids is 1.